The van der Waals surface area contributed by atoms with Gasteiger partial charge in [-0.1, -0.05) is 121 Å². The number of alkyl halides is 6. The van der Waals surface area contributed by atoms with Gasteiger partial charge < -0.3 is 21.3 Å². The van der Waals surface area contributed by atoms with Crippen molar-refractivity contribution in [3.63, 3.8) is 0 Å². The Morgan fingerprint density at radius 3 is 0.991 bits per heavy atom. The summed E-state index contributed by atoms with van der Waals surface area (Å²) >= 11 is 4.87. The number of aryl methyl sites for hydroxylation is 1. The molecule has 566 valence electrons. The normalized spacial score (nSPS) is 18.1. The van der Waals surface area contributed by atoms with E-state index in [1.54, 1.807) is 56.7 Å². The van der Waals surface area contributed by atoms with Crippen molar-refractivity contribution in [2.24, 2.45) is 20.0 Å². The standard InChI is InChI=1S/2C22H16F3N3OS.C22H19N3OS.C21H17N3OS/c23-22(24,25)20-9-16(12-30-20)13-1-3-15(4-2-13)19-11-27-21(29)28(19)17-6-5-14-7-8-26-18(14)10-17;23-22(24,25)20-8-7-19(30-20)15-3-1-14(2-4-15)18-12-27-21(29)28(18)16-6-5-13-9-10-26-17(13)11-16;1-14-10-18(13-27-14)15-2-4-17(5-3-15)21-12-24-22(26)25(21)19-7-6-16-8-9-23-20(16)11-19;25-21-23-12-20(16-3-1-14(2-4-16)17-8-10-26-13-17)24(21)18-6-5-15-7-9-22-19(15)11-18/h1-6,8-10,12,19H,7,11H2,(H,27,29);1-8,10-11,18H,9,12H2,(H,27,29);2-7,9-11,13,21H,8,12H2,1H3,(H,24,26);1-6,8-11,13,20H,7,12H2,(H,23,25). The number of carbonyl (C=O) groups excluding carboxylic acids is 4. The number of hydrogen-bond donors (Lipinski definition) is 4. The van der Waals surface area contributed by atoms with Gasteiger partial charge in [0.2, 0.25) is 0 Å². The molecular weight excluding hydrogens is 1520 g/mol. The van der Waals surface area contributed by atoms with Crippen LogP contribution in [0.5, 0.6) is 0 Å². The number of benzene rings is 8. The Morgan fingerprint density at radius 1 is 0.345 bits per heavy atom. The van der Waals surface area contributed by atoms with Crippen LogP contribution in [0.2, 0.25) is 0 Å². The molecule has 12 aromatic rings. The third kappa shape index (κ3) is 15.3. The number of nitrogens with zero attached hydrogens (tertiary/aromatic N) is 8. The molecule has 26 heteroatoms. The summed E-state index contributed by atoms with van der Waals surface area (Å²) in [6, 6.07) is 62.7. The number of urea groups is 4. The number of amides is 8. The van der Waals surface area contributed by atoms with Gasteiger partial charge in [-0.15, -0.1) is 34.0 Å². The second kappa shape index (κ2) is 30.9. The number of fused-ring (bicyclic) bond motifs is 4. The second-order valence-electron chi connectivity index (χ2n) is 27.9. The molecule has 0 radical (unpaired) electrons. The molecule has 20 rings (SSSR count). The van der Waals surface area contributed by atoms with Gasteiger partial charge in [0.15, 0.2) is 0 Å². The average Bonchev–Trinajstić information content (AvgIpc) is 1.67. The quantitative estimate of drug-likeness (QED) is 0.0890. The van der Waals surface area contributed by atoms with Gasteiger partial charge in [-0.25, -0.2) is 19.2 Å². The first-order valence-electron chi connectivity index (χ1n) is 36.5. The van der Waals surface area contributed by atoms with Crippen LogP contribution in [0.4, 0.5) is 91.0 Å². The molecule has 8 aliphatic heterocycles. The summed E-state index contributed by atoms with van der Waals surface area (Å²) in [7, 11) is 0. The molecular formula is C87H68F6N12O4S4. The third-order valence-corrected chi connectivity index (χ3v) is 24.6. The fourth-order valence-corrected chi connectivity index (χ4v) is 18.1. The maximum atomic E-state index is 12.9. The van der Waals surface area contributed by atoms with Crippen LogP contribution in [0.1, 0.15) is 83.3 Å². The molecule has 8 amide bonds. The van der Waals surface area contributed by atoms with Crippen LogP contribution < -0.4 is 40.9 Å². The summed E-state index contributed by atoms with van der Waals surface area (Å²) < 4.78 is 77.2. The predicted molar refractivity (Wildman–Crippen MR) is 441 cm³/mol. The van der Waals surface area contributed by atoms with E-state index in [2.05, 4.69) is 137 Å². The molecule has 8 aliphatic rings. The summed E-state index contributed by atoms with van der Waals surface area (Å²) in [5.41, 5.74) is 22.6. The van der Waals surface area contributed by atoms with E-state index in [-0.39, 0.29) is 48.3 Å². The number of nitrogens with one attached hydrogen (secondary N) is 4. The maximum Gasteiger partial charge on any atom is 0.425 e. The largest absolute Gasteiger partial charge is 0.425 e. The van der Waals surface area contributed by atoms with Gasteiger partial charge in [-0.2, -0.15) is 37.7 Å². The van der Waals surface area contributed by atoms with Crippen LogP contribution in [-0.4, -0.2) is 75.2 Å². The molecule has 8 aromatic carbocycles. The minimum absolute atomic E-state index is 0.0116. The zero-order valence-electron chi connectivity index (χ0n) is 60.2. The topological polar surface area (TPSA) is 179 Å². The number of aliphatic imine (C=N–C) groups is 4. The van der Waals surface area contributed by atoms with Crippen molar-refractivity contribution in [1.82, 2.24) is 21.3 Å². The molecule has 4 unspecified atom stereocenters. The fourth-order valence-electron chi connectivity index (χ4n) is 15.1. The number of carbonyl (C=O) groups is 4. The molecule has 0 bridgehead atoms. The Kier molecular flexibility index (Phi) is 20.1. The summed E-state index contributed by atoms with van der Waals surface area (Å²) in [5.74, 6) is 0. The van der Waals surface area contributed by atoms with Crippen molar-refractivity contribution in [3.8, 4) is 43.8 Å². The highest BCUT2D eigenvalue weighted by molar-refractivity contribution is 7.15. The van der Waals surface area contributed by atoms with Crippen LogP contribution >= 0.6 is 45.3 Å². The van der Waals surface area contributed by atoms with E-state index in [9.17, 15) is 45.5 Å². The second-order valence-corrected chi connectivity index (χ2v) is 31.8. The number of hydrogen-bond acceptors (Lipinski definition) is 12. The summed E-state index contributed by atoms with van der Waals surface area (Å²) in [5, 5.41) is 19.6. The Hall–Kier alpha value is -12.1. The number of thiophene rings is 4. The molecule has 4 saturated heterocycles. The minimum Gasteiger partial charge on any atom is -0.335 e. The molecule has 12 heterocycles. The van der Waals surface area contributed by atoms with E-state index in [0.29, 0.717) is 53.5 Å². The van der Waals surface area contributed by atoms with Gasteiger partial charge in [0.25, 0.3) is 0 Å². The zero-order chi connectivity index (χ0) is 77.7. The van der Waals surface area contributed by atoms with Crippen LogP contribution in [0.3, 0.4) is 0 Å². The van der Waals surface area contributed by atoms with Crippen molar-refractivity contribution in [2.45, 2.75) is 69.1 Å². The molecule has 4 atom stereocenters. The Labute approximate surface area is 661 Å². The molecule has 4 fully saturated rings. The van der Waals surface area contributed by atoms with Gasteiger partial charge in [0.05, 0.1) is 46.9 Å². The van der Waals surface area contributed by atoms with Gasteiger partial charge in [0.1, 0.15) is 9.75 Å². The monoisotopic (exact) mass is 1590 g/mol. The first-order valence-corrected chi connectivity index (χ1v) is 40.0. The lowest BCUT2D eigenvalue weighted by Crippen LogP contribution is -2.29. The van der Waals surface area contributed by atoms with Crippen molar-refractivity contribution in [1.29, 1.82) is 0 Å². The maximum absolute atomic E-state index is 12.9. The average molecular weight is 1590 g/mol. The fraction of sp³-hybridized carbons (Fsp3) is 0.172. The van der Waals surface area contributed by atoms with Crippen molar-refractivity contribution < 1.29 is 45.5 Å². The van der Waals surface area contributed by atoms with E-state index in [1.807, 2.05) is 120 Å². The Bertz CT molecular complexity index is 5570. The molecule has 4 N–H and O–H groups in total. The molecule has 0 aliphatic carbocycles. The van der Waals surface area contributed by atoms with E-state index in [1.165, 1.54) is 49.7 Å². The summed E-state index contributed by atoms with van der Waals surface area (Å²) in [6.07, 6.45) is 2.20. The van der Waals surface area contributed by atoms with Crippen molar-refractivity contribution in [3.05, 3.63) is 281 Å². The molecule has 113 heavy (non-hydrogen) atoms. The van der Waals surface area contributed by atoms with Gasteiger partial charge in [-0.3, -0.25) is 39.6 Å². The van der Waals surface area contributed by atoms with Crippen LogP contribution in [0.15, 0.2) is 242 Å². The van der Waals surface area contributed by atoms with E-state index in [0.717, 1.165) is 134 Å². The highest BCUT2D eigenvalue weighted by Gasteiger charge is 2.39. The zero-order valence-corrected chi connectivity index (χ0v) is 63.5. The highest BCUT2D eigenvalue weighted by atomic mass is 32.1. The smallest absolute Gasteiger partial charge is 0.335 e. The third-order valence-electron chi connectivity index (χ3n) is 20.9. The van der Waals surface area contributed by atoms with Gasteiger partial charge in [-0.05, 0) is 191 Å². The van der Waals surface area contributed by atoms with E-state index < -0.39 is 22.1 Å². The number of rotatable bonds is 12. The summed E-state index contributed by atoms with van der Waals surface area (Å²) in [4.78, 5) is 75.3. The number of anilines is 4. The highest BCUT2D eigenvalue weighted by Crippen LogP contribution is 2.45. The first-order chi connectivity index (χ1) is 54.8. The lowest BCUT2D eigenvalue weighted by Gasteiger charge is -2.24. The van der Waals surface area contributed by atoms with E-state index >= 15 is 0 Å². The first kappa shape index (κ1) is 73.7. The minimum atomic E-state index is -4.33. The summed E-state index contributed by atoms with van der Waals surface area (Å²) in [6.45, 7) is 4.24. The molecule has 0 saturated carbocycles. The molecule has 4 aromatic heterocycles. The van der Waals surface area contributed by atoms with Crippen LogP contribution in [0.25, 0.3) is 43.8 Å². The SMILES string of the molecule is Cc1cc(-c2ccc(C3CNC(=O)N3c3ccc4c(c3)N=CC4)cc2)cs1.O=C1NCC(c2ccc(-c3ccc(C(F)(F)F)s3)cc2)N1c1ccc2c(c1)N=CC2.O=C1NCC(c2ccc(-c3ccsc3)cc2)N1c1ccc2c(c1)N=CC2.O=C1NCC(c2ccc(-c3csc(C(F)(F)F)c3)cc2)N1c1ccc2c(c1)N=CC2. The predicted octanol–water partition coefficient (Wildman–Crippen LogP) is 22.1. The van der Waals surface area contributed by atoms with Gasteiger partial charge in [0, 0.05) is 109 Å². The molecule has 16 nitrogen and oxygen atoms in total. The van der Waals surface area contributed by atoms with E-state index in [4.69, 9.17) is 0 Å². The molecule has 0 spiro atoms. The van der Waals surface area contributed by atoms with Crippen molar-refractivity contribution in [2.75, 3.05) is 45.8 Å². The van der Waals surface area contributed by atoms with Crippen LogP contribution in [-0.2, 0) is 38.0 Å². The Morgan fingerprint density at radius 2 is 0.681 bits per heavy atom. The van der Waals surface area contributed by atoms with Gasteiger partial charge >= 0.3 is 36.5 Å². The lowest BCUT2D eigenvalue weighted by atomic mass is 10.0. The Balaban J connectivity index is 0.000000109. The van der Waals surface area contributed by atoms with Crippen LogP contribution in [0, 0.1) is 6.92 Å². The lowest BCUT2D eigenvalue weighted by molar-refractivity contribution is -0.135. The number of halogens is 6. The van der Waals surface area contributed by atoms with Crippen molar-refractivity contribution >= 4 is 140 Å².